The van der Waals surface area contributed by atoms with Crippen LogP contribution in [0.25, 0.3) is 17.4 Å². The van der Waals surface area contributed by atoms with Crippen molar-refractivity contribution in [2.75, 3.05) is 7.11 Å². The summed E-state index contributed by atoms with van der Waals surface area (Å²) in [5.74, 6) is 0.485. The molecule has 2 aromatic rings. The van der Waals surface area contributed by atoms with Crippen molar-refractivity contribution >= 4 is 46.3 Å². The molecule has 1 aromatic carbocycles. The number of amides is 1. The van der Waals surface area contributed by atoms with Gasteiger partial charge in [0.1, 0.15) is 15.8 Å². The molecule has 23 heavy (non-hydrogen) atoms. The molecule has 3 rings (SSSR count). The van der Waals surface area contributed by atoms with Gasteiger partial charge in [-0.2, -0.15) is 0 Å². The highest BCUT2D eigenvalue weighted by atomic mass is 32.2. The minimum atomic E-state index is -0.409. The van der Waals surface area contributed by atoms with Gasteiger partial charge in [-0.3, -0.25) is 4.79 Å². The number of thioether (sulfide) groups is 1. The molecule has 116 valence electrons. The number of rotatable bonds is 3. The summed E-state index contributed by atoms with van der Waals surface area (Å²) in [4.78, 5) is 23.7. The molecule has 0 radical (unpaired) electrons. The van der Waals surface area contributed by atoms with Gasteiger partial charge in [-0.25, -0.2) is 4.79 Å². The molecule has 1 amide bonds. The highest BCUT2D eigenvalue weighted by Crippen LogP contribution is 2.29. The molecular weight excluding hydrogens is 334 g/mol. The normalized spacial score (nSPS) is 15.8. The van der Waals surface area contributed by atoms with Crippen molar-refractivity contribution in [1.82, 2.24) is 5.32 Å². The number of methoxy groups -OCH3 is 1. The highest BCUT2D eigenvalue weighted by Gasteiger charge is 2.22. The summed E-state index contributed by atoms with van der Waals surface area (Å²) in [6, 6.07) is 10.5. The standard InChI is InChI=1S/C16H11NO4S2/c1-20-15(19)10-4-2-3-9(7-10)12-6-5-11(21-12)8-13-14(18)17-16(22)23-13/h2-8H,1H3,(H,17,18,22)/b13-8+. The van der Waals surface area contributed by atoms with Crippen LogP contribution in [-0.4, -0.2) is 23.3 Å². The van der Waals surface area contributed by atoms with E-state index in [1.54, 1.807) is 36.4 Å². The van der Waals surface area contributed by atoms with E-state index in [-0.39, 0.29) is 5.91 Å². The van der Waals surface area contributed by atoms with Gasteiger partial charge in [0.05, 0.1) is 17.6 Å². The van der Waals surface area contributed by atoms with Crippen molar-refractivity contribution in [3.05, 3.63) is 52.6 Å². The molecule has 0 saturated carbocycles. The lowest BCUT2D eigenvalue weighted by atomic mass is 10.1. The molecule has 5 nitrogen and oxygen atoms in total. The average molecular weight is 345 g/mol. The van der Waals surface area contributed by atoms with Gasteiger partial charge in [0.2, 0.25) is 0 Å². The van der Waals surface area contributed by atoms with Crippen LogP contribution in [0.15, 0.2) is 45.7 Å². The van der Waals surface area contributed by atoms with Crippen LogP contribution in [0, 0.1) is 0 Å². The molecule has 1 saturated heterocycles. The number of hydrogen-bond donors (Lipinski definition) is 1. The number of ether oxygens (including phenoxy) is 1. The van der Waals surface area contributed by atoms with Gasteiger partial charge >= 0.3 is 5.97 Å². The van der Waals surface area contributed by atoms with Crippen molar-refractivity contribution in [3.63, 3.8) is 0 Å². The molecule has 0 bridgehead atoms. The third-order valence-corrected chi connectivity index (χ3v) is 4.27. The molecule has 1 aliphatic rings. The summed E-state index contributed by atoms with van der Waals surface area (Å²) < 4.78 is 10.9. The van der Waals surface area contributed by atoms with Crippen molar-refractivity contribution in [2.24, 2.45) is 0 Å². The third kappa shape index (κ3) is 3.35. The molecule has 0 atom stereocenters. The lowest BCUT2D eigenvalue weighted by molar-refractivity contribution is -0.115. The van der Waals surface area contributed by atoms with Crippen molar-refractivity contribution in [3.8, 4) is 11.3 Å². The Morgan fingerprint density at radius 1 is 1.35 bits per heavy atom. The van der Waals surface area contributed by atoms with Gasteiger partial charge in [-0.15, -0.1) is 0 Å². The lowest BCUT2D eigenvalue weighted by Crippen LogP contribution is -2.17. The molecule has 7 heteroatoms. The maximum absolute atomic E-state index is 11.6. The van der Waals surface area contributed by atoms with Crippen LogP contribution < -0.4 is 5.32 Å². The van der Waals surface area contributed by atoms with E-state index in [4.69, 9.17) is 21.4 Å². The lowest BCUT2D eigenvalue weighted by Gasteiger charge is -2.01. The number of carbonyl (C=O) groups excluding carboxylic acids is 2. The van der Waals surface area contributed by atoms with Gasteiger partial charge in [0, 0.05) is 11.6 Å². The van der Waals surface area contributed by atoms with E-state index in [0.717, 1.165) is 5.56 Å². The number of carbonyl (C=O) groups is 2. The Hall–Kier alpha value is -2.38. The summed E-state index contributed by atoms with van der Waals surface area (Å²) in [7, 11) is 1.33. The van der Waals surface area contributed by atoms with Crippen molar-refractivity contribution in [2.45, 2.75) is 0 Å². The molecule has 1 N–H and O–H groups in total. The van der Waals surface area contributed by atoms with Crippen LogP contribution >= 0.6 is 24.0 Å². The van der Waals surface area contributed by atoms with Gasteiger partial charge in [-0.05, 0) is 24.3 Å². The Bertz CT molecular complexity index is 838. The fourth-order valence-corrected chi connectivity index (χ4v) is 3.08. The molecule has 2 heterocycles. The number of furan rings is 1. The number of thiocarbonyl (C=S) groups is 1. The minimum absolute atomic E-state index is 0.231. The first-order chi connectivity index (χ1) is 11.1. The zero-order valence-corrected chi connectivity index (χ0v) is 13.6. The monoisotopic (exact) mass is 345 g/mol. The Balaban J connectivity index is 1.88. The highest BCUT2D eigenvalue weighted by molar-refractivity contribution is 8.26. The van der Waals surface area contributed by atoms with Crippen LogP contribution in [-0.2, 0) is 9.53 Å². The second-order valence-corrected chi connectivity index (χ2v) is 6.35. The molecule has 1 fully saturated rings. The predicted octanol–water partition coefficient (Wildman–Crippen LogP) is 3.22. The van der Waals surface area contributed by atoms with Crippen LogP contribution in [0.5, 0.6) is 0 Å². The van der Waals surface area contributed by atoms with Crippen LogP contribution in [0.3, 0.4) is 0 Å². The fourth-order valence-electron chi connectivity index (χ4n) is 2.05. The SMILES string of the molecule is COC(=O)c1cccc(-c2ccc(/C=C3/SC(=S)NC3=O)o2)c1. The van der Waals surface area contributed by atoms with E-state index in [9.17, 15) is 9.59 Å². The molecular formula is C16H11NO4S2. The molecule has 0 spiro atoms. The zero-order valence-electron chi connectivity index (χ0n) is 12.0. The van der Waals surface area contributed by atoms with E-state index in [0.29, 0.717) is 26.3 Å². The van der Waals surface area contributed by atoms with Crippen molar-refractivity contribution in [1.29, 1.82) is 0 Å². The Labute approximate surface area is 141 Å². The molecule has 1 aromatic heterocycles. The first-order valence-electron chi connectivity index (χ1n) is 6.60. The number of nitrogens with one attached hydrogen (secondary N) is 1. The fraction of sp³-hybridized carbons (Fsp3) is 0.0625. The first-order valence-corrected chi connectivity index (χ1v) is 7.83. The number of esters is 1. The van der Waals surface area contributed by atoms with E-state index >= 15 is 0 Å². The van der Waals surface area contributed by atoms with Gasteiger partial charge in [-0.1, -0.05) is 36.1 Å². The maximum atomic E-state index is 11.6. The Morgan fingerprint density at radius 3 is 2.87 bits per heavy atom. The molecule has 0 unspecified atom stereocenters. The van der Waals surface area contributed by atoms with Crippen LogP contribution in [0.4, 0.5) is 0 Å². The van der Waals surface area contributed by atoms with Gasteiger partial charge < -0.3 is 14.5 Å². The largest absolute Gasteiger partial charge is 0.465 e. The van der Waals surface area contributed by atoms with Crippen LogP contribution in [0.2, 0.25) is 0 Å². The molecule has 1 aliphatic heterocycles. The summed E-state index contributed by atoms with van der Waals surface area (Å²) in [6.07, 6.45) is 1.63. The quantitative estimate of drug-likeness (QED) is 0.523. The van der Waals surface area contributed by atoms with Crippen molar-refractivity contribution < 1.29 is 18.7 Å². The van der Waals surface area contributed by atoms with E-state index in [1.807, 2.05) is 6.07 Å². The average Bonchev–Trinajstić information content (AvgIpc) is 3.14. The minimum Gasteiger partial charge on any atom is -0.465 e. The Morgan fingerprint density at radius 2 is 2.17 bits per heavy atom. The van der Waals surface area contributed by atoms with E-state index < -0.39 is 5.97 Å². The topological polar surface area (TPSA) is 68.5 Å². The number of benzene rings is 1. The van der Waals surface area contributed by atoms with Gasteiger partial charge in [0.25, 0.3) is 5.91 Å². The maximum Gasteiger partial charge on any atom is 0.337 e. The van der Waals surface area contributed by atoms with E-state index in [1.165, 1.54) is 18.9 Å². The second-order valence-electron chi connectivity index (χ2n) is 4.63. The summed E-state index contributed by atoms with van der Waals surface area (Å²) in [5, 5.41) is 2.55. The second kappa shape index (κ2) is 6.39. The zero-order chi connectivity index (χ0) is 16.4. The predicted molar refractivity (Wildman–Crippen MR) is 91.8 cm³/mol. The van der Waals surface area contributed by atoms with Crippen LogP contribution in [0.1, 0.15) is 16.1 Å². The first kappa shape index (κ1) is 15.5. The number of hydrogen-bond acceptors (Lipinski definition) is 6. The smallest absolute Gasteiger partial charge is 0.337 e. The van der Waals surface area contributed by atoms with E-state index in [2.05, 4.69) is 5.32 Å². The summed E-state index contributed by atoms with van der Waals surface area (Å²) in [6.45, 7) is 0. The summed E-state index contributed by atoms with van der Waals surface area (Å²) in [5.41, 5.74) is 1.19. The summed E-state index contributed by atoms with van der Waals surface area (Å²) >= 11 is 6.13. The third-order valence-electron chi connectivity index (χ3n) is 3.11. The Kier molecular flexibility index (Phi) is 4.31. The van der Waals surface area contributed by atoms with Gasteiger partial charge in [0.15, 0.2) is 0 Å². The molecule has 0 aliphatic carbocycles.